The quantitative estimate of drug-likeness (QED) is 0.0545. The van der Waals surface area contributed by atoms with Crippen molar-refractivity contribution in [2.45, 2.75) is 331 Å². The summed E-state index contributed by atoms with van der Waals surface area (Å²) in [7, 11) is -32.2. The Morgan fingerprint density at radius 1 is 0.149 bits per heavy atom. The van der Waals surface area contributed by atoms with Crippen LogP contribution in [0.4, 0.5) is 0 Å². The highest BCUT2D eigenvalue weighted by molar-refractivity contribution is 6.96. The van der Waals surface area contributed by atoms with Gasteiger partial charge in [0.1, 0.15) is 0 Å². The minimum atomic E-state index is -2.96. The Balaban J connectivity index is 7.65. The van der Waals surface area contributed by atoms with Crippen LogP contribution in [0.15, 0.2) is 0 Å². The van der Waals surface area contributed by atoms with Gasteiger partial charge in [0.2, 0.25) is 0 Å². The van der Waals surface area contributed by atoms with Crippen LogP contribution in [-0.2, 0) is 45.3 Å². The molecule has 0 spiro atoms. The van der Waals surface area contributed by atoms with Gasteiger partial charge in [-0.1, -0.05) is 173 Å². The minimum Gasteiger partial charge on any atom is -0.436 e. The molecule has 0 fully saturated rings. The molecule has 446 valence electrons. The average molecular weight is 1250 g/mol. The SMILES string of the molecule is CC[Si](C)(CC)O[Si](CC)(CC)O[Si](CC)(CC)O[Si](CC)(CC)O[Si](CC)(CC)O[Si](CC)(CC)O[Si](CC)(CC)O[Si](CC)(CC)O[Si](CC)(CC)O[Si](CC)(CC)O[Si](CC)(CC)O[Si](CC)(CC)CC. The molecule has 23 heteroatoms. The first kappa shape index (κ1) is 76.2. The van der Waals surface area contributed by atoms with Crippen LogP contribution in [0.2, 0.25) is 158 Å². The summed E-state index contributed by atoms with van der Waals surface area (Å²) < 4.78 is 85.7. The van der Waals surface area contributed by atoms with Gasteiger partial charge in [0.25, 0.3) is 0 Å². The first-order chi connectivity index (χ1) is 34.8. The summed E-state index contributed by atoms with van der Waals surface area (Å²) in [5.41, 5.74) is 0. The van der Waals surface area contributed by atoms with Gasteiger partial charge < -0.3 is 45.3 Å². The fourth-order valence-electron chi connectivity index (χ4n) is 10.9. The summed E-state index contributed by atoms with van der Waals surface area (Å²) >= 11 is 0. The fourth-order valence-corrected chi connectivity index (χ4v) is 80.4. The minimum absolute atomic E-state index is 0.827. The second kappa shape index (κ2) is 34.1. The third-order valence-electron chi connectivity index (χ3n) is 18.4. The van der Waals surface area contributed by atoms with E-state index >= 15 is 0 Å². The van der Waals surface area contributed by atoms with Crippen molar-refractivity contribution in [2.75, 3.05) is 0 Å². The molecule has 74 heavy (non-hydrogen) atoms. The van der Waals surface area contributed by atoms with Crippen LogP contribution in [0.25, 0.3) is 0 Å². The Labute approximate surface area is 475 Å². The van der Waals surface area contributed by atoms with Gasteiger partial charge in [-0.25, -0.2) is 0 Å². The first-order valence-corrected chi connectivity index (χ1v) is 59.2. The lowest BCUT2D eigenvalue weighted by Gasteiger charge is -2.51. The second-order valence-corrected chi connectivity index (χ2v) is 71.8. The number of hydrogen-bond donors (Lipinski definition) is 0. The van der Waals surface area contributed by atoms with E-state index in [1.165, 1.54) is 0 Å². The largest absolute Gasteiger partial charge is 0.436 e. The van der Waals surface area contributed by atoms with Crippen molar-refractivity contribution < 1.29 is 45.3 Å². The van der Waals surface area contributed by atoms with Crippen molar-refractivity contribution in [3.8, 4) is 0 Å². The Morgan fingerprint density at radius 3 is 0.378 bits per heavy atom. The molecule has 0 unspecified atom stereocenters. The lowest BCUT2D eigenvalue weighted by atomic mass is 10.9. The topological polar surface area (TPSA) is 102 Å². The van der Waals surface area contributed by atoms with Crippen molar-refractivity contribution in [1.82, 2.24) is 0 Å². The van der Waals surface area contributed by atoms with E-state index in [1.54, 1.807) is 0 Å². The highest BCUT2D eigenvalue weighted by atomic mass is 28.5. The van der Waals surface area contributed by atoms with E-state index < -0.39 is 102 Å². The van der Waals surface area contributed by atoms with Crippen LogP contribution in [0.5, 0.6) is 0 Å². The molecule has 0 rings (SSSR count). The van der Waals surface area contributed by atoms with Crippen molar-refractivity contribution in [1.29, 1.82) is 0 Å². The lowest BCUT2D eigenvalue weighted by molar-refractivity contribution is 0.226. The zero-order valence-electron chi connectivity index (χ0n) is 54.2. The zero-order chi connectivity index (χ0) is 57.5. The average Bonchev–Trinajstić information content (AvgIpc) is 3.46. The Hall–Kier alpha value is 2.16. The summed E-state index contributed by atoms with van der Waals surface area (Å²) in [4.78, 5) is 0. The fraction of sp³-hybridized carbons (Fsp3) is 1.00. The monoisotopic (exact) mass is 1250 g/mol. The maximum Gasteiger partial charge on any atom is 0.320 e. The summed E-state index contributed by atoms with van der Waals surface area (Å²) in [5, 5.41) is 0. The van der Waals surface area contributed by atoms with E-state index in [4.69, 9.17) is 45.3 Å². The van der Waals surface area contributed by atoms with Crippen LogP contribution >= 0.6 is 0 Å². The van der Waals surface area contributed by atoms with E-state index in [0.29, 0.717) is 0 Å². The maximum absolute atomic E-state index is 7.97. The van der Waals surface area contributed by atoms with Gasteiger partial charge in [0.15, 0.2) is 16.6 Å². The molecule has 0 N–H and O–H groups in total. The van der Waals surface area contributed by atoms with Gasteiger partial charge in [0, 0.05) is 0 Å². The van der Waals surface area contributed by atoms with Gasteiger partial charge >= 0.3 is 85.6 Å². The smallest absolute Gasteiger partial charge is 0.320 e. The molecule has 0 aromatic carbocycles. The molecule has 0 aliphatic heterocycles. The van der Waals surface area contributed by atoms with Gasteiger partial charge in [-0.05, 0) is 158 Å². The van der Waals surface area contributed by atoms with E-state index in [0.717, 1.165) is 151 Å². The molecule has 0 atom stereocenters. The molecule has 0 aliphatic rings. The molecule has 0 saturated carbocycles. The van der Waals surface area contributed by atoms with Crippen molar-refractivity contribution in [3.05, 3.63) is 0 Å². The standard InChI is InChI=1S/C51H128O11Si12/c1-27-63(26,28-2)52-65(32-6,33-7)54-67(36-10,37-11)56-69(40-14,41-15)58-71(44-18,45-19)60-73(48-22,49-23)62-74(50-24,51-25)61-72(46-20,47-21)59-70(42-16,43-17)57-68(38-12,39-13)55-66(34-8,35-9)53-64(29-3,30-4)31-5/h27-51H2,1-26H3. The van der Waals surface area contributed by atoms with E-state index in [2.05, 4.69) is 180 Å². The predicted molar refractivity (Wildman–Crippen MR) is 349 cm³/mol. The van der Waals surface area contributed by atoms with Crippen LogP contribution in [-0.4, -0.2) is 102 Å². The summed E-state index contributed by atoms with van der Waals surface area (Å²) in [6.07, 6.45) is 0. The van der Waals surface area contributed by atoms with Gasteiger partial charge in [0.05, 0.1) is 0 Å². The number of rotatable bonds is 47. The second-order valence-electron chi connectivity index (χ2n) is 21.7. The molecule has 0 saturated heterocycles. The Kier molecular flexibility index (Phi) is 35.1. The molecule has 0 aromatic heterocycles. The molecular weight excluding hydrogens is 1130 g/mol. The van der Waals surface area contributed by atoms with Crippen LogP contribution in [0.3, 0.4) is 0 Å². The molecule has 11 nitrogen and oxygen atoms in total. The molecular formula is C51H128O11Si12. The summed E-state index contributed by atoms with van der Waals surface area (Å²) in [6.45, 7) is 59.9. The summed E-state index contributed by atoms with van der Waals surface area (Å²) in [5.74, 6) is 0. The van der Waals surface area contributed by atoms with Gasteiger partial charge in [-0.3, -0.25) is 0 Å². The zero-order valence-corrected chi connectivity index (χ0v) is 66.2. The molecule has 0 bridgehead atoms. The van der Waals surface area contributed by atoms with E-state index in [9.17, 15) is 0 Å². The molecule has 0 aromatic rings. The molecule has 0 aliphatic carbocycles. The van der Waals surface area contributed by atoms with Crippen LogP contribution in [0, 0.1) is 0 Å². The third kappa shape index (κ3) is 19.4. The van der Waals surface area contributed by atoms with Crippen LogP contribution < -0.4 is 0 Å². The number of hydrogen-bond acceptors (Lipinski definition) is 11. The van der Waals surface area contributed by atoms with E-state index in [-0.39, 0.29) is 0 Å². The molecule has 0 heterocycles. The predicted octanol–water partition coefficient (Wildman–Crippen LogP) is 19.6. The molecule has 0 amide bonds. The van der Waals surface area contributed by atoms with Crippen molar-refractivity contribution in [2.24, 2.45) is 0 Å². The molecule has 0 radical (unpaired) electrons. The van der Waals surface area contributed by atoms with Crippen LogP contribution in [0.1, 0.15) is 173 Å². The highest BCUT2D eigenvalue weighted by Gasteiger charge is 2.60. The van der Waals surface area contributed by atoms with Crippen molar-refractivity contribution >= 4 is 102 Å². The third-order valence-corrected chi connectivity index (χ3v) is 80.3. The Morgan fingerprint density at radius 2 is 0.270 bits per heavy atom. The summed E-state index contributed by atoms with van der Waals surface area (Å²) in [6, 6.07) is 22.9. The maximum atomic E-state index is 7.97. The first-order valence-electron chi connectivity index (χ1n) is 31.5. The van der Waals surface area contributed by atoms with E-state index in [1.807, 2.05) is 0 Å². The Bertz CT molecular complexity index is 1470. The van der Waals surface area contributed by atoms with Crippen molar-refractivity contribution in [3.63, 3.8) is 0 Å². The van der Waals surface area contributed by atoms with Gasteiger partial charge in [-0.15, -0.1) is 0 Å². The normalized spacial score (nSPS) is 14.7. The highest BCUT2D eigenvalue weighted by Crippen LogP contribution is 2.44. The lowest BCUT2D eigenvalue weighted by Crippen LogP contribution is -2.68. The van der Waals surface area contributed by atoms with Gasteiger partial charge in [-0.2, -0.15) is 0 Å².